The molecule has 2 heterocycles. The summed E-state index contributed by atoms with van der Waals surface area (Å²) in [5.74, 6) is 0.492. The molecule has 0 saturated carbocycles. The Balaban J connectivity index is 1.96. The van der Waals surface area contributed by atoms with Gasteiger partial charge in [-0.1, -0.05) is 23.2 Å². The molecule has 3 N–H and O–H groups in total. The minimum absolute atomic E-state index is 0.00271. The van der Waals surface area contributed by atoms with Crippen LogP contribution in [0, 0.1) is 0 Å². The molecule has 1 atom stereocenters. The number of primary amides is 1. The van der Waals surface area contributed by atoms with E-state index >= 15 is 0 Å². The molecular weight excluding hydrogens is 487 g/mol. The molecule has 0 aliphatic rings. The van der Waals surface area contributed by atoms with Crippen molar-refractivity contribution < 1.29 is 28.2 Å². The smallest absolute Gasteiger partial charge is 0.405 e. The number of pyridine rings is 1. The molecule has 180 valence electrons. The third kappa shape index (κ3) is 5.70. The second kappa shape index (κ2) is 11.1. The lowest BCUT2D eigenvalue weighted by molar-refractivity contribution is 0.0904. The van der Waals surface area contributed by atoms with Gasteiger partial charge in [0, 0.05) is 30.1 Å². The van der Waals surface area contributed by atoms with Gasteiger partial charge in [0.1, 0.15) is 0 Å². The van der Waals surface area contributed by atoms with Crippen molar-refractivity contribution in [3.05, 3.63) is 57.7 Å². The normalized spacial score (nSPS) is 11.6. The number of carbonyl (C=O) groups is 2. The maximum atomic E-state index is 13.0. The Morgan fingerprint density at radius 1 is 1.21 bits per heavy atom. The van der Waals surface area contributed by atoms with Crippen LogP contribution in [0.5, 0.6) is 11.5 Å². The van der Waals surface area contributed by atoms with Crippen LogP contribution < -0.4 is 20.5 Å². The Kier molecular flexibility index (Phi) is 8.19. The molecule has 0 fully saturated rings. The minimum Gasteiger partial charge on any atom is -0.493 e. The fraction of sp³-hybridized carbons (Fsp3) is 0.273. The summed E-state index contributed by atoms with van der Waals surface area (Å²) in [6.07, 6.45) is 0.806. The van der Waals surface area contributed by atoms with Gasteiger partial charge in [-0.25, -0.2) is 9.78 Å². The Labute approximate surface area is 205 Å². The topological polar surface area (TPSA) is 139 Å². The van der Waals surface area contributed by atoms with Gasteiger partial charge >= 0.3 is 6.09 Å². The maximum absolute atomic E-state index is 13.0. The van der Waals surface area contributed by atoms with Gasteiger partial charge in [-0.2, -0.15) is 0 Å². The molecule has 10 nitrogen and oxygen atoms in total. The fourth-order valence-corrected chi connectivity index (χ4v) is 3.56. The molecule has 0 spiro atoms. The predicted octanol–water partition coefficient (Wildman–Crippen LogP) is 4.54. The Morgan fingerprint density at radius 3 is 2.53 bits per heavy atom. The molecule has 2 amide bonds. The van der Waals surface area contributed by atoms with Gasteiger partial charge in [0.2, 0.25) is 5.89 Å². The summed E-state index contributed by atoms with van der Waals surface area (Å²) in [6, 6.07) is 5.03. The lowest BCUT2D eigenvalue weighted by atomic mass is 10.2. The van der Waals surface area contributed by atoms with Crippen molar-refractivity contribution in [1.29, 1.82) is 0 Å². The molecule has 0 aliphatic heterocycles. The highest BCUT2D eigenvalue weighted by molar-refractivity contribution is 6.35. The summed E-state index contributed by atoms with van der Waals surface area (Å²) in [5.41, 5.74) is 6.03. The standard InChI is InChI=1S/C22H22Cl2N4O6/c1-4-32-17-7-12(5-6-16(17)31-3)21-28-18(19(34-21)11(2)33-22(25)30)20(29)27-8-13-14(23)9-26-10-15(13)24/h5-7,9-11H,4,8H2,1-3H3,(H2,25,30)(H,27,29). The molecule has 0 saturated heterocycles. The second-order valence-corrected chi connectivity index (χ2v) is 7.69. The lowest BCUT2D eigenvalue weighted by Crippen LogP contribution is -2.25. The number of halogens is 2. The summed E-state index contributed by atoms with van der Waals surface area (Å²) >= 11 is 12.2. The molecule has 2 aromatic heterocycles. The first kappa shape index (κ1) is 25.1. The van der Waals surface area contributed by atoms with Gasteiger partial charge in [-0.15, -0.1) is 0 Å². The summed E-state index contributed by atoms with van der Waals surface area (Å²) in [6.45, 7) is 3.75. The number of carbonyl (C=O) groups excluding carboxylic acids is 2. The molecule has 0 radical (unpaired) electrons. The first-order valence-electron chi connectivity index (χ1n) is 10.1. The van der Waals surface area contributed by atoms with Crippen LogP contribution in [-0.4, -0.2) is 35.7 Å². The van der Waals surface area contributed by atoms with Gasteiger partial charge in [-0.05, 0) is 32.0 Å². The number of nitrogens with two attached hydrogens (primary N) is 1. The van der Waals surface area contributed by atoms with E-state index in [0.29, 0.717) is 39.3 Å². The van der Waals surface area contributed by atoms with Crippen LogP contribution >= 0.6 is 23.2 Å². The third-order valence-electron chi connectivity index (χ3n) is 4.62. The van der Waals surface area contributed by atoms with Crippen LogP contribution in [0.15, 0.2) is 35.0 Å². The number of amides is 2. The quantitative estimate of drug-likeness (QED) is 0.429. The van der Waals surface area contributed by atoms with E-state index in [1.807, 2.05) is 6.92 Å². The molecule has 0 aliphatic carbocycles. The maximum Gasteiger partial charge on any atom is 0.405 e. The molecule has 3 aromatic rings. The number of aromatic nitrogens is 2. The van der Waals surface area contributed by atoms with Crippen LogP contribution in [-0.2, 0) is 11.3 Å². The number of rotatable bonds is 9. The number of hydrogen-bond donors (Lipinski definition) is 2. The van der Waals surface area contributed by atoms with Crippen LogP contribution in [0.3, 0.4) is 0 Å². The second-order valence-electron chi connectivity index (χ2n) is 6.87. The van der Waals surface area contributed by atoms with Crippen molar-refractivity contribution in [2.45, 2.75) is 26.5 Å². The van der Waals surface area contributed by atoms with E-state index < -0.39 is 18.1 Å². The van der Waals surface area contributed by atoms with E-state index in [0.717, 1.165) is 0 Å². The van der Waals surface area contributed by atoms with E-state index in [1.54, 1.807) is 18.2 Å². The van der Waals surface area contributed by atoms with Crippen molar-refractivity contribution in [2.75, 3.05) is 13.7 Å². The Morgan fingerprint density at radius 2 is 1.91 bits per heavy atom. The van der Waals surface area contributed by atoms with Gasteiger partial charge in [0.25, 0.3) is 5.91 Å². The van der Waals surface area contributed by atoms with E-state index in [2.05, 4.69) is 15.3 Å². The number of hydrogen-bond acceptors (Lipinski definition) is 8. The molecule has 1 aromatic carbocycles. The van der Waals surface area contributed by atoms with Crippen LogP contribution in [0.4, 0.5) is 4.79 Å². The first-order chi connectivity index (χ1) is 16.2. The van der Waals surface area contributed by atoms with Gasteiger partial charge in [0.05, 0.1) is 23.8 Å². The molecule has 0 bridgehead atoms. The van der Waals surface area contributed by atoms with E-state index in [4.69, 9.17) is 47.6 Å². The highest BCUT2D eigenvalue weighted by atomic mass is 35.5. The fourth-order valence-electron chi connectivity index (χ4n) is 3.06. The number of ether oxygens (including phenoxy) is 3. The molecular formula is C22H22Cl2N4O6. The summed E-state index contributed by atoms with van der Waals surface area (Å²) in [4.78, 5) is 32.5. The zero-order chi connectivity index (χ0) is 24.8. The van der Waals surface area contributed by atoms with E-state index in [-0.39, 0.29) is 23.9 Å². The van der Waals surface area contributed by atoms with Crippen molar-refractivity contribution in [1.82, 2.24) is 15.3 Å². The van der Waals surface area contributed by atoms with Crippen LogP contribution in [0.25, 0.3) is 11.5 Å². The zero-order valence-electron chi connectivity index (χ0n) is 18.6. The van der Waals surface area contributed by atoms with Crippen molar-refractivity contribution >= 4 is 35.2 Å². The number of nitrogens with zero attached hydrogens (tertiary/aromatic N) is 2. The molecule has 1 unspecified atom stereocenters. The van der Waals surface area contributed by atoms with Gasteiger partial charge in [-0.3, -0.25) is 9.78 Å². The van der Waals surface area contributed by atoms with Crippen molar-refractivity contribution in [2.24, 2.45) is 5.73 Å². The first-order valence-corrected chi connectivity index (χ1v) is 10.8. The minimum atomic E-state index is -1.03. The van der Waals surface area contributed by atoms with Gasteiger partial charge in [0.15, 0.2) is 29.1 Å². The Bertz CT molecular complexity index is 1180. The third-order valence-corrected chi connectivity index (χ3v) is 5.27. The molecule has 3 rings (SSSR count). The van der Waals surface area contributed by atoms with Crippen molar-refractivity contribution in [3.63, 3.8) is 0 Å². The molecule has 34 heavy (non-hydrogen) atoms. The molecule has 12 heteroatoms. The van der Waals surface area contributed by atoms with Crippen molar-refractivity contribution in [3.8, 4) is 23.0 Å². The Hall–Kier alpha value is -3.50. The zero-order valence-corrected chi connectivity index (χ0v) is 20.1. The van der Waals surface area contributed by atoms with Crippen LogP contribution in [0.1, 0.15) is 41.8 Å². The SMILES string of the molecule is CCOc1cc(-c2nc(C(=O)NCc3c(Cl)cncc3Cl)c(C(C)OC(N)=O)o2)ccc1OC. The van der Waals surface area contributed by atoms with E-state index in [1.165, 1.54) is 26.4 Å². The summed E-state index contributed by atoms with van der Waals surface area (Å²) in [5, 5.41) is 3.27. The average Bonchev–Trinajstić information content (AvgIpc) is 3.24. The highest BCUT2D eigenvalue weighted by Crippen LogP contribution is 2.34. The summed E-state index contributed by atoms with van der Waals surface area (Å²) in [7, 11) is 1.52. The number of oxazole rings is 1. The van der Waals surface area contributed by atoms with E-state index in [9.17, 15) is 9.59 Å². The lowest BCUT2D eigenvalue weighted by Gasteiger charge is -2.11. The highest BCUT2D eigenvalue weighted by Gasteiger charge is 2.27. The van der Waals surface area contributed by atoms with Gasteiger partial charge < -0.3 is 29.7 Å². The number of nitrogens with one attached hydrogen (secondary N) is 1. The predicted molar refractivity (Wildman–Crippen MR) is 124 cm³/mol. The largest absolute Gasteiger partial charge is 0.493 e. The average molecular weight is 509 g/mol. The van der Waals surface area contributed by atoms with Crippen LogP contribution in [0.2, 0.25) is 10.0 Å². The monoisotopic (exact) mass is 508 g/mol. The number of methoxy groups -OCH3 is 1. The summed E-state index contributed by atoms with van der Waals surface area (Å²) < 4.78 is 21.7. The number of benzene rings is 1.